The van der Waals surface area contributed by atoms with E-state index in [4.69, 9.17) is 17.3 Å². The maximum Gasteiger partial charge on any atom is 0.317 e. The first-order valence-electron chi connectivity index (χ1n) is 4.30. The number of carboxylic acid groups (broad SMARTS) is 1. The summed E-state index contributed by atoms with van der Waals surface area (Å²) < 4.78 is 0.612. The molecule has 13 heavy (non-hydrogen) atoms. The second-order valence-electron chi connectivity index (χ2n) is 3.21. The first kappa shape index (κ1) is 10.9. The van der Waals surface area contributed by atoms with Gasteiger partial charge in [0.25, 0.3) is 0 Å². The van der Waals surface area contributed by atoms with Gasteiger partial charge in [-0.3, -0.25) is 9.69 Å². The van der Waals surface area contributed by atoms with Gasteiger partial charge < -0.3 is 5.11 Å². The van der Waals surface area contributed by atoms with Crippen molar-refractivity contribution < 1.29 is 9.90 Å². The quantitative estimate of drug-likeness (QED) is 0.552. The summed E-state index contributed by atoms with van der Waals surface area (Å²) in [6.07, 6.45) is 3.11. The third-order valence-corrected chi connectivity index (χ3v) is 2.81. The summed E-state index contributed by atoms with van der Waals surface area (Å²) >= 11 is 9.09. The van der Waals surface area contributed by atoms with E-state index in [-0.39, 0.29) is 12.6 Å². The van der Waals surface area contributed by atoms with Crippen LogP contribution in [0.1, 0.15) is 19.3 Å². The summed E-state index contributed by atoms with van der Waals surface area (Å²) in [5, 5.41) is 8.66. The highest BCUT2D eigenvalue weighted by Gasteiger charge is 2.25. The Kier molecular flexibility index (Phi) is 4.15. The minimum absolute atomic E-state index is 0.0724. The molecule has 1 aliphatic heterocycles. The SMILES string of the molecule is O=C(O)CN1CCCCC1C(=S)S. The molecular formula is C8H13NO2S2. The van der Waals surface area contributed by atoms with Gasteiger partial charge in [0.2, 0.25) is 0 Å². The van der Waals surface area contributed by atoms with E-state index in [1.54, 1.807) is 0 Å². The van der Waals surface area contributed by atoms with Crippen molar-refractivity contribution in [2.75, 3.05) is 13.1 Å². The molecule has 1 heterocycles. The Balaban J connectivity index is 2.56. The Morgan fingerprint density at radius 3 is 2.85 bits per heavy atom. The first-order valence-corrected chi connectivity index (χ1v) is 5.15. The summed E-state index contributed by atoms with van der Waals surface area (Å²) in [6.45, 7) is 0.892. The van der Waals surface area contributed by atoms with E-state index in [1.165, 1.54) is 0 Å². The molecule has 0 aromatic heterocycles. The molecule has 1 aliphatic rings. The van der Waals surface area contributed by atoms with Crippen molar-refractivity contribution in [3.05, 3.63) is 0 Å². The van der Waals surface area contributed by atoms with Crippen LogP contribution in [0.4, 0.5) is 0 Å². The number of carboxylic acids is 1. The number of nitrogens with zero attached hydrogens (tertiary/aromatic N) is 1. The highest BCUT2D eigenvalue weighted by atomic mass is 32.1. The molecule has 74 valence electrons. The van der Waals surface area contributed by atoms with Crippen LogP contribution in [0.5, 0.6) is 0 Å². The monoisotopic (exact) mass is 219 g/mol. The zero-order valence-electron chi connectivity index (χ0n) is 7.27. The van der Waals surface area contributed by atoms with Crippen LogP contribution >= 0.6 is 24.8 Å². The number of hydrogen-bond acceptors (Lipinski definition) is 3. The molecule has 5 heteroatoms. The number of thiocarbonyl (C=S) groups is 1. The lowest BCUT2D eigenvalue weighted by Gasteiger charge is -2.33. The van der Waals surface area contributed by atoms with Crippen molar-refractivity contribution in [2.24, 2.45) is 0 Å². The molecule has 0 aliphatic carbocycles. The molecule has 1 saturated heterocycles. The topological polar surface area (TPSA) is 40.5 Å². The zero-order chi connectivity index (χ0) is 9.84. The summed E-state index contributed by atoms with van der Waals surface area (Å²) in [7, 11) is 0. The van der Waals surface area contributed by atoms with Crippen LogP contribution in [0.25, 0.3) is 0 Å². The number of aliphatic carboxylic acids is 1. The number of likely N-dealkylation sites (tertiary alicyclic amines) is 1. The lowest BCUT2D eigenvalue weighted by atomic mass is 10.0. The molecule has 0 amide bonds. The Hall–Kier alpha value is -0.130. The van der Waals surface area contributed by atoms with E-state index in [1.807, 2.05) is 4.90 Å². The van der Waals surface area contributed by atoms with Gasteiger partial charge in [0, 0.05) is 0 Å². The molecule has 0 saturated carbocycles. The van der Waals surface area contributed by atoms with E-state index in [2.05, 4.69) is 12.6 Å². The van der Waals surface area contributed by atoms with E-state index in [0.717, 1.165) is 25.8 Å². The van der Waals surface area contributed by atoms with Gasteiger partial charge >= 0.3 is 5.97 Å². The third kappa shape index (κ3) is 3.25. The normalized spacial score (nSPS) is 24.2. The van der Waals surface area contributed by atoms with Crippen LogP contribution in [0.3, 0.4) is 0 Å². The molecule has 1 N–H and O–H groups in total. The van der Waals surface area contributed by atoms with Crippen LogP contribution in [0.15, 0.2) is 0 Å². The van der Waals surface area contributed by atoms with Gasteiger partial charge in [0.05, 0.1) is 16.8 Å². The Morgan fingerprint density at radius 2 is 2.31 bits per heavy atom. The summed E-state index contributed by atoms with van der Waals surface area (Å²) in [4.78, 5) is 12.4. The summed E-state index contributed by atoms with van der Waals surface area (Å²) in [5.41, 5.74) is 0. The number of thiol groups is 1. The molecule has 1 atom stereocenters. The molecular weight excluding hydrogens is 206 g/mol. The lowest BCUT2D eigenvalue weighted by molar-refractivity contribution is -0.138. The second-order valence-corrected chi connectivity index (χ2v) is 4.44. The highest BCUT2D eigenvalue weighted by molar-refractivity contribution is 8.11. The highest BCUT2D eigenvalue weighted by Crippen LogP contribution is 2.19. The predicted molar refractivity (Wildman–Crippen MR) is 58.4 cm³/mol. The number of carbonyl (C=O) groups is 1. The van der Waals surface area contributed by atoms with Gasteiger partial charge in [-0.1, -0.05) is 18.6 Å². The minimum Gasteiger partial charge on any atom is -0.480 e. The zero-order valence-corrected chi connectivity index (χ0v) is 8.98. The van der Waals surface area contributed by atoms with Crippen molar-refractivity contribution in [3.63, 3.8) is 0 Å². The number of hydrogen-bond donors (Lipinski definition) is 2. The van der Waals surface area contributed by atoms with Crippen LogP contribution < -0.4 is 0 Å². The predicted octanol–water partition coefficient (Wildman–Crippen LogP) is 1.18. The average molecular weight is 219 g/mol. The molecule has 0 aromatic rings. The van der Waals surface area contributed by atoms with E-state index < -0.39 is 5.97 Å². The third-order valence-electron chi connectivity index (χ3n) is 2.24. The van der Waals surface area contributed by atoms with Crippen LogP contribution in [0, 0.1) is 0 Å². The van der Waals surface area contributed by atoms with E-state index in [9.17, 15) is 4.79 Å². The second kappa shape index (κ2) is 4.93. The van der Waals surface area contributed by atoms with E-state index >= 15 is 0 Å². The van der Waals surface area contributed by atoms with Gasteiger partial charge in [-0.25, -0.2) is 0 Å². The molecule has 0 aromatic carbocycles. The maximum atomic E-state index is 10.5. The standard InChI is InChI=1S/C8H13NO2S2/c10-7(11)5-9-4-2-1-3-6(9)8(12)13/h6H,1-5H2,(H,10,11)(H,12,13). The van der Waals surface area contributed by atoms with Gasteiger partial charge in [0.1, 0.15) is 0 Å². The van der Waals surface area contributed by atoms with Crippen LogP contribution in [-0.4, -0.2) is 39.3 Å². The van der Waals surface area contributed by atoms with Crippen molar-refractivity contribution in [2.45, 2.75) is 25.3 Å². The first-order chi connectivity index (χ1) is 6.11. The van der Waals surface area contributed by atoms with Crippen molar-refractivity contribution in [1.29, 1.82) is 0 Å². The van der Waals surface area contributed by atoms with Gasteiger partial charge in [-0.15, -0.1) is 12.6 Å². The summed E-state index contributed by atoms with van der Waals surface area (Å²) in [5.74, 6) is -0.795. The smallest absolute Gasteiger partial charge is 0.317 e. The Morgan fingerprint density at radius 1 is 1.62 bits per heavy atom. The van der Waals surface area contributed by atoms with Gasteiger partial charge in [0.15, 0.2) is 0 Å². The molecule has 0 bridgehead atoms. The van der Waals surface area contributed by atoms with Gasteiger partial charge in [-0.2, -0.15) is 0 Å². The Bertz CT molecular complexity index is 220. The fourth-order valence-corrected chi connectivity index (χ4v) is 2.19. The molecule has 1 fully saturated rings. The lowest BCUT2D eigenvalue weighted by Crippen LogP contribution is -2.45. The molecule has 1 unspecified atom stereocenters. The van der Waals surface area contributed by atoms with Crippen molar-refractivity contribution in [3.8, 4) is 0 Å². The van der Waals surface area contributed by atoms with Crippen LogP contribution in [0.2, 0.25) is 0 Å². The molecule has 0 spiro atoms. The molecule has 0 radical (unpaired) electrons. The number of piperidine rings is 1. The maximum absolute atomic E-state index is 10.5. The van der Waals surface area contributed by atoms with Crippen LogP contribution in [-0.2, 0) is 4.79 Å². The minimum atomic E-state index is -0.795. The van der Waals surface area contributed by atoms with E-state index in [0.29, 0.717) is 4.20 Å². The Labute approximate surface area is 88.5 Å². The molecule has 1 rings (SSSR count). The van der Waals surface area contributed by atoms with Gasteiger partial charge in [-0.05, 0) is 19.4 Å². The number of rotatable bonds is 3. The molecule has 3 nitrogen and oxygen atoms in total. The largest absolute Gasteiger partial charge is 0.480 e. The fourth-order valence-electron chi connectivity index (χ4n) is 1.63. The van der Waals surface area contributed by atoms with Crippen molar-refractivity contribution in [1.82, 2.24) is 4.90 Å². The fraction of sp³-hybridized carbons (Fsp3) is 0.750. The average Bonchev–Trinajstić information content (AvgIpc) is 2.03. The summed E-state index contributed by atoms with van der Waals surface area (Å²) in [6, 6.07) is 0.0724. The van der Waals surface area contributed by atoms with Crippen molar-refractivity contribution >= 4 is 35.0 Å².